The van der Waals surface area contributed by atoms with Gasteiger partial charge in [-0.25, -0.2) is 13.1 Å². The summed E-state index contributed by atoms with van der Waals surface area (Å²) in [5, 5.41) is 0. The summed E-state index contributed by atoms with van der Waals surface area (Å²) in [6, 6.07) is 6.42. The first-order chi connectivity index (χ1) is 11.4. The molecule has 0 bridgehead atoms. The minimum absolute atomic E-state index is 0. The molecular weight excluding hydrogens is 362 g/mol. The van der Waals surface area contributed by atoms with Gasteiger partial charge in [-0.2, -0.15) is 0 Å². The Morgan fingerprint density at radius 2 is 2.04 bits per heavy atom. The average molecular weight is 388 g/mol. The molecule has 3 N–H and O–H groups in total. The van der Waals surface area contributed by atoms with Crippen LogP contribution in [0, 0.1) is 11.8 Å². The van der Waals surface area contributed by atoms with E-state index < -0.39 is 10.0 Å². The lowest BCUT2D eigenvalue weighted by Gasteiger charge is -2.22. The minimum atomic E-state index is -3.56. The van der Waals surface area contributed by atoms with Crippen LogP contribution in [0.25, 0.3) is 0 Å². The normalized spacial score (nSPS) is 23.4. The van der Waals surface area contributed by atoms with Crippen molar-refractivity contribution < 1.29 is 13.2 Å². The van der Waals surface area contributed by atoms with Crippen LogP contribution >= 0.6 is 12.4 Å². The first-order valence-corrected chi connectivity index (χ1v) is 10.00. The van der Waals surface area contributed by atoms with E-state index in [2.05, 4.69) is 4.72 Å². The zero-order valence-corrected chi connectivity index (χ0v) is 16.0. The highest BCUT2D eigenvalue weighted by atomic mass is 35.5. The van der Waals surface area contributed by atoms with Crippen molar-refractivity contribution in [3.63, 3.8) is 0 Å². The maximum atomic E-state index is 12.7. The fourth-order valence-corrected chi connectivity index (χ4v) is 4.35. The molecule has 1 heterocycles. The Bertz CT molecular complexity index is 722. The second-order valence-electron chi connectivity index (χ2n) is 6.97. The first-order valence-electron chi connectivity index (χ1n) is 8.51. The van der Waals surface area contributed by atoms with Crippen molar-refractivity contribution in [2.45, 2.75) is 37.1 Å². The summed E-state index contributed by atoms with van der Waals surface area (Å²) in [5.74, 6) is 0.650. The molecule has 1 saturated heterocycles. The van der Waals surface area contributed by atoms with Crippen molar-refractivity contribution in [1.82, 2.24) is 9.62 Å². The second kappa shape index (κ2) is 8.03. The molecule has 1 aliphatic heterocycles. The van der Waals surface area contributed by atoms with Crippen molar-refractivity contribution in [2.75, 3.05) is 19.6 Å². The number of benzene rings is 1. The van der Waals surface area contributed by atoms with Gasteiger partial charge in [-0.05, 0) is 62.8 Å². The quantitative estimate of drug-likeness (QED) is 0.775. The molecule has 0 aromatic heterocycles. The maximum absolute atomic E-state index is 12.7. The van der Waals surface area contributed by atoms with Crippen LogP contribution in [0.15, 0.2) is 29.2 Å². The summed E-state index contributed by atoms with van der Waals surface area (Å²) < 4.78 is 27.4. The predicted molar refractivity (Wildman–Crippen MR) is 99.3 cm³/mol. The van der Waals surface area contributed by atoms with Crippen LogP contribution < -0.4 is 10.5 Å². The second-order valence-corrected chi connectivity index (χ2v) is 8.73. The van der Waals surface area contributed by atoms with Crippen LogP contribution in [0.1, 0.15) is 36.5 Å². The SMILES string of the molecule is CC1CC(CN)CN1C(=O)c1cccc(S(=O)(=O)NCC2CC2)c1.Cl. The van der Waals surface area contributed by atoms with E-state index in [1.54, 1.807) is 17.0 Å². The lowest BCUT2D eigenvalue weighted by molar-refractivity contribution is 0.0743. The average Bonchev–Trinajstić information content (AvgIpc) is 3.34. The predicted octanol–water partition coefficient (Wildman–Crippen LogP) is 1.61. The molecule has 3 rings (SSSR count). The Labute approximate surface area is 155 Å². The van der Waals surface area contributed by atoms with Crippen LogP contribution in [0.2, 0.25) is 0 Å². The standard InChI is InChI=1S/C17H25N3O3S.ClH/c1-12-7-14(9-18)11-20(12)17(21)15-3-2-4-16(8-15)24(22,23)19-10-13-5-6-13;/h2-4,8,12-14,19H,5-7,9-11,18H2,1H3;1H. The topological polar surface area (TPSA) is 92.5 Å². The van der Waals surface area contributed by atoms with Crippen molar-refractivity contribution in [3.05, 3.63) is 29.8 Å². The Kier molecular flexibility index (Phi) is 6.48. The number of amides is 1. The molecule has 2 unspecified atom stereocenters. The molecule has 6 nitrogen and oxygen atoms in total. The number of nitrogens with zero attached hydrogens (tertiary/aromatic N) is 1. The van der Waals surface area contributed by atoms with Gasteiger partial charge in [0.05, 0.1) is 4.90 Å². The highest BCUT2D eigenvalue weighted by molar-refractivity contribution is 7.89. The molecule has 1 saturated carbocycles. The van der Waals surface area contributed by atoms with E-state index in [0.717, 1.165) is 19.3 Å². The number of sulfonamides is 1. The van der Waals surface area contributed by atoms with E-state index in [1.807, 2.05) is 6.92 Å². The molecule has 25 heavy (non-hydrogen) atoms. The molecule has 8 heteroatoms. The number of carbonyl (C=O) groups excluding carboxylic acids is 1. The fourth-order valence-electron chi connectivity index (χ4n) is 3.19. The van der Waals surface area contributed by atoms with E-state index in [4.69, 9.17) is 5.73 Å². The third kappa shape index (κ3) is 4.73. The van der Waals surface area contributed by atoms with Crippen molar-refractivity contribution >= 4 is 28.3 Å². The number of likely N-dealkylation sites (tertiary alicyclic amines) is 1. The molecule has 1 amide bonds. The van der Waals surface area contributed by atoms with Gasteiger partial charge in [0.2, 0.25) is 10.0 Å². The van der Waals surface area contributed by atoms with Crippen LogP contribution in [-0.4, -0.2) is 44.9 Å². The zero-order chi connectivity index (χ0) is 17.3. The molecule has 2 atom stereocenters. The highest BCUT2D eigenvalue weighted by Gasteiger charge is 2.32. The maximum Gasteiger partial charge on any atom is 0.254 e. The lowest BCUT2D eigenvalue weighted by atomic mass is 10.1. The Hall–Kier alpha value is -1.15. The molecule has 0 spiro atoms. The van der Waals surface area contributed by atoms with Gasteiger partial charge in [0.15, 0.2) is 0 Å². The third-order valence-electron chi connectivity index (χ3n) is 4.91. The molecule has 1 aliphatic carbocycles. The van der Waals surface area contributed by atoms with E-state index in [-0.39, 0.29) is 29.3 Å². The molecule has 2 aliphatic rings. The molecule has 1 aromatic carbocycles. The largest absolute Gasteiger partial charge is 0.336 e. The number of halogens is 1. The monoisotopic (exact) mass is 387 g/mol. The molecule has 2 fully saturated rings. The van der Waals surface area contributed by atoms with Gasteiger partial charge >= 0.3 is 0 Å². The zero-order valence-electron chi connectivity index (χ0n) is 14.3. The summed E-state index contributed by atoms with van der Waals surface area (Å²) in [6.45, 7) is 3.67. The van der Waals surface area contributed by atoms with Crippen molar-refractivity contribution in [2.24, 2.45) is 17.6 Å². The van der Waals surface area contributed by atoms with Gasteiger partial charge in [0, 0.05) is 24.7 Å². The van der Waals surface area contributed by atoms with Crippen LogP contribution in [0.5, 0.6) is 0 Å². The summed E-state index contributed by atoms with van der Waals surface area (Å²) in [7, 11) is -3.56. The number of carbonyl (C=O) groups is 1. The number of hydrogen-bond donors (Lipinski definition) is 2. The Morgan fingerprint density at radius 1 is 1.32 bits per heavy atom. The number of hydrogen-bond acceptors (Lipinski definition) is 4. The van der Waals surface area contributed by atoms with Crippen LogP contribution in [0.3, 0.4) is 0 Å². The van der Waals surface area contributed by atoms with Crippen molar-refractivity contribution in [1.29, 1.82) is 0 Å². The van der Waals surface area contributed by atoms with Gasteiger partial charge in [0.25, 0.3) is 5.91 Å². The van der Waals surface area contributed by atoms with Crippen molar-refractivity contribution in [3.8, 4) is 0 Å². The summed E-state index contributed by atoms with van der Waals surface area (Å²) in [5.41, 5.74) is 6.13. The Balaban J connectivity index is 0.00000225. The third-order valence-corrected chi connectivity index (χ3v) is 6.33. The number of nitrogens with two attached hydrogens (primary N) is 1. The van der Waals surface area contributed by atoms with Gasteiger partial charge in [0.1, 0.15) is 0 Å². The van der Waals surface area contributed by atoms with E-state index in [9.17, 15) is 13.2 Å². The molecule has 0 radical (unpaired) electrons. The summed E-state index contributed by atoms with van der Waals surface area (Å²) in [4.78, 5) is 14.7. The minimum Gasteiger partial charge on any atom is -0.336 e. The first kappa shape index (κ1) is 20.2. The smallest absolute Gasteiger partial charge is 0.254 e. The van der Waals surface area contributed by atoms with Crippen LogP contribution in [0.4, 0.5) is 0 Å². The lowest BCUT2D eigenvalue weighted by Crippen LogP contribution is -2.34. The fraction of sp³-hybridized carbons (Fsp3) is 0.588. The molecule has 1 aromatic rings. The van der Waals surface area contributed by atoms with Gasteiger partial charge in [-0.3, -0.25) is 4.79 Å². The van der Waals surface area contributed by atoms with Crippen LogP contribution in [-0.2, 0) is 10.0 Å². The van der Waals surface area contributed by atoms with E-state index in [1.165, 1.54) is 12.1 Å². The molecule has 140 valence electrons. The number of nitrogens with one attached hydrogen (secondary N) is 1. The molecular formula is C17H26ClN3O3S. The van der Waals surface area contributed by atoms with E-state index in [0.29, 0.717) is 37.0 Å². The Morgan fingerprint density at radius 3 is 2.64 bits per heavy atom. The number of rotatable bonds is 6. The van der Waals surface area contributed by atoms with Gasteiger partial charge in [-0.1, -0.05) is 6.07 Å². The van der Waals surface area contributed by atoms with E-state index >= 15 is 0 Å². The van der Waals surface area contributed by atoms with Gasteiger partial charge < -0.3 is 10.6 Å². The summed E-state index contributed by atoms with van der Waals surface area (Å²) >= 11 is 0. The highest BCUT2D eigenvalue weighted by Crippen LogP contribution is 2.28. The van der Waals surface area contributed by atoms with Gasteiger partial charge in [-0.15, -0.1) is 12.4 Å². The summed E-state index contributed by atoms with van der Waals surface area (Å²) in [6.07, 6.45) is 3.05.